The fourth-order valence-electron chi connectivity index (χ4n) is 5.05. The molecule has 1 N–H and O–H groups in total. The van der Waals surface area contributed by atoms with E-state index in [9.17, 15) is 4.79 Å². The van der Waals surface area contributed by atoms with Crippen LogP contribution in [0.15, 0.2) is 24.3 Å². The predicted molar refractivity (Wildman–Crippen MR) is 114 cm³/mol. The first-order chi connectivity index (χ1) is 14.5. The molecule has 1 aromatic heterocycles. The largest absolute Gasteiger partial charge is 0.496 e. The molecule has 1 aromatic carbocycles. The van der Waals surface area contributed by atoms with Gasteiger partial charge < -0.3 is 19.7 Å². The average Bonchev–Trinajstić information content (AvgIpc) is 3.29. The summed E-state index contributed by atoms with van der Waals surface area (Å²) in [5.41, 5.74) is 0.893. The van der Waals surface area contributed by atoms with Crippen LogP contribution in [0.5, 0.6) is 5.75 Å². The second-order valence-electron chi connectivity index (χ2n) is 8.42. The molecule has 1 amide bonds. The number of amides is 1. The number of nitrogens with zero attached hydrogens (tertiary/aromatic N) is 4. The summed E-state index contributed by atoms with van der Waals surface area (Å²) in [7, 11) is 5.31. The molecule has 4 atom stereocenters. The number of methoxy groups -OCH3 is 2. The number of aryl methyl sites for hydroxylation is 2. The molecule has 2 aliphatic rings. The number of hydrogen-bond acceptors (Lipinski definition) is 6. The Hall–Kier alpha value is -2.61. The lowest BCUT2D eigenvalue weighted by atomic mass is 9.77. The van der Waals surface area contributed by atoms with Gasteiger partial charge in [-0.25, -0.2) is 4.68 Å². The number of aromatic nitrogens is 3. The minimum absolute atomic E-state index is 0.00350. The number of nitrogens with one attached hydrogen (secondary N) is 1. The smallest absolute Gasteiger partial charge is 0.224 e. The van der Waals surface area contributed by atoms with E-state index >= 15 is 0 Å². The van der Waals surface area contributed by atoms with Gasteiger partial charge in [0.2, 0.25) is 11.9 Å². The quantitative estimate of drug-likeness (QED) is 0.777. The van der Waals surface area contributed by atoms with Crippen molar-refractivity contribution in [2.45, 2.75) is 38.3 Å². The maximum Gasteiger partial charge on any atom is 0.224 e. The molecule has 1 aliphatic carbocycles. The summed E-state index contributed by atoms with van der Waals surface area (Å²) >= 11 is 0. The number of carbonyl (C=O) groups is 1. The van der Waals surface area contributed by atoms with Gasteiger partial charge in [-0.3, -0.25) is 4.79 Å². The lowest BCUT2D eigenvalue weighted by molar-refractivity contribution is -0.123. The first-order valence-corrected chi connectivity index (χ1v) is 10.5. The van der Waals surface area contributed by atoms with Crippen LogP contribution >= 0.6 is 0 Å². The molecule has 0 radical (unpaired) electrons. The van der Waals surface area contributed by atoms with E-state index in [4.69, 9.17) is 9.47 Å². The summed E-state index contributed by atoms with van der Waals surface area (Å²) < 4.78 is 13.0. The van der Waals surface area contributed by atoms with Crippen molar-refractivity contribution >= 4 is 11.9 Å². The van der Waals surface area contributed by atoms with E-state index in [1.54, 1.807) is 14.2 Å². The number of para-hydroxylation sites is 1. The molecular weight excluding hydrogens is 382 g/mol. The fraction of sp³-hybridized carbons (Fsp3) is 0.591. The molecule has 4 rings (SSSR count). The van der Waals surface area contributed by atoms with Gasteiger partial charge >= 0.3 is 0 Å². The molecule has 1 aliphatic heterocycles. The van der Waals surface area contributed by atoms with Crippen LogP contribution < -0.4 is 15.0 Å². The summed E-state index contributed by atoms with van der Waals surface area (Å²) in [5.74, 6) is 3.50. The molecule has 30 heavy (non-hydrogen) atoms. The molecule has 0 spiro atoms. The van der Waals surface area contributed by atoms with Gasteiger partial charge in [0.25, 0.3) is 0 Å². The topological polar surface area (TPSA) is 81.5 Å². The van der Waals surface area contributed by atoms with Crippen LogP contribution in [0.25, 0.3) is 0 Å². The van der Waals surface area contributed by atoms with E-state index in [2.05, 4.69) is 20.3 Å². The molecular formula is C22H31N5O3. The first kappa shape index (κ1) is 20.7. The van der Waals surface area contributed by atoms with Crippen molar-refractivity contribution < 1.29 is 14.3 Å². The molecule has 1 saturated carbocycles. The zero-order valence-corrected chi connectivity index (χ0v) is 18.2. The molecule has 8 heteroatoms. The Balaban J connectivity index is 1.41. The Bertz CT molecular complexity index is 899. The maximum absolute atomic E-state index is 12.8. The Morgan fingerprint density at radius 3 is 2.60 bits per heavy atom. The number of fused-ring (bicyclic) bond motifs is 1. The van der Waals surface area contributed by atoms with Gasteiger partial charge in [-0.15, -0.1) is 0 Å². The third-order valence-electron chi connectivity index (χ3n) is 6.44. The number of ether oxygens (including phenoxy) is 2. The van der Waals surface area contributed by atoms with Gasteiger partial charge in [0, 0.05) is 32.8 Å². The Kier molecular flexibility index (Phi) is 5.94. The molecule has 2 fully saturated rings. The van der Waals surface area contributed by atoms with Gasteiger partial charge in [-0.1, -0.05) is 18.2 Å². The van der Waals surface area contributed by atoms with Crippen molar-refractivity contribution in [3.05, 3.63) is 35.7 Å². The third-order valence-corrected chi connectivity index (χ3v) is 6.44. The number of carbonyl (C=O) groups excluding carboxylic acids is 1. The molecule has 2 heterocycles. The lowest BCUT2D eigenvalue weighted by Crippen LogP contribution is -2.50. The van der Waals surface area contributed by atoms with E-state index in [0.717, 1.165) is 49.0 Å². The summed E-state index contributed by atoms with van der Waals surface area (Å²) in [6, 6.07) is 7.66. The van der Waals surface area contributed by atoms with Crippen LogP contribution in [0.4, 0.5) is 5.95 Å². The summed E-state index contributed by atoms with van der Waals surface area (Å²) in [6.45, 7) is 3.81. The first-order valence-electron chi connectivity index (χ1n) is 10.5. The second-order valence-corrected chi connectivity index (χ2v) is 8.42. The number of benzene rings is 1. The van der Waals surface area contributed by atoms with Crippen molar-refractivity contribution in [1.29, 1.82) is 0 Å². The van der Waals surface area contributed by atoms with Crippen molar-refractivity contribution in [2.75, 3.05) is 32.2 Å². The fourth-order valence-corrected chi connectivity index (χ4v) is 5.05. The monoisotopic (exact) mass is 413 g/mol. The van der Waals surface area contributed by atoms with E-state index in [0.29, 0.717) is 18.3 Å². The Morgan fingerprint density at radius 2 is 1.93 bits per heavy atom. The number of anilines is 1. The molecule has 2 aromatic rings. The highest BCUT2D eigenvalue weighted by atomic mass is 16.5. The Labute approximate surface area is 177 Å². The van der Waals surface area contributed by atoms with Crippen LogP contribution in [0.3, 0.4) is 0 Å². The van der Waals surface area contributed by atoms with Crippen molar-refractivity contribution in [3.8, 4) is 5.75 Å². The molecule has 162 valence electrons. The van der Waals surface area contributed by atoms with Crippen LogP contribution in [0.2, 0.25) is 0 Å². The normalized spacial score (nSPS) is 25.8. The van der Waals surface area contributed by atoms with Gasteiger partial charge in [-0.05, 0) is 37.7 Å². The van der Waals surface area contributed by atoms with E-state index in [1.165, 1.54) is 0 Å². The van der Waals surface area contributed by atoms with Crippen molar-refractivity contribution in [2.24, 2.45) is 18.9 Å². The molecule has 0 unspecified atom stereocenters. The highest BCUT2D eigenvalue weighted by Crippen LogP contribution is 2.38. The summed E-state index contributed by atoms with van der Waals surface area (Å²) in [5, 5.41) is 7.62. The van der Waals surface area contributed by atoms with Crippen LogP contribution in [0.1, 0.15) is 24.2 Å². The van der Waals surface area contributed by atoms with Gasteiger partial charge in [0.1, 0.15) is 11.6 Å². The Morgan fingerprint density at radius 1 is 1.20 bits per heavy atom. The lowest BCUT2D eigenvalue weighted by Gasteiger charge is -2.37. The number of rotatable bonds is 6. The van der Waals surface area contributed by atoms with Crippen molar-refractivity contribution in [1.82, 2.24) is 20.1 Å². The van der Waals surface area contributed by atoms with Crippen LogP contribution in [-0.2, 0) is 23.0 Å². The van der Waals surface area contributed by atoms with Gasteiger partial charge in [0.05, 0.1) is 25.7 Å². The minimum atomic E-state index is 0.00350. The summed E-state index contributed by atoms with van der Waals surface area (Å²) in [6.07, 6.45) is 2.17. The SMILES string of the molecule is COc1ccccc1CC(=O)N[C@H]1C[C@H]2CN(c3nc(C)nn3C)C[C@H]2C[C@@H]1OC. The van der Waals surface area contributed by atoms with Gasteiger partial charge in [0.15, 0.2) is 0 Å². The predicted octanol–water partition coefficient (Wildman–Crippen LogP) is 1.72. The van der Waals surface area contributed by atoms with E-state index in [1.807, 2.05) is 42.9 Å². The number of hydrogen-bond donors (Lipinski definition) is 1. The highest BCUT2D eigenvalue weighted by molar-refractivity contribution is 5.79. The van der Waals surface area contributed by atoms with Crippen molar-refractivity contribution in [3.63, 3.8) is 0 Å². The van der Waals surface area contributed by atoms with Crippen LogP contribution in [0, 0.1) is 18.8 Å². The van der Waals surface area contributed by atoms with E-state index < -0.39 is 0 Å². The maximum atomic E-state index is 12.8. The third kappa shape index (κ3) is 4.14. The zero-order valence-electron chi connectivity index (χ0n) is 18.2. The molecule has 8 nitrogen and oxygen atoms in total. The summed E-state index contributed by atoms with van der Waals surface area (Å²) in [4.78, 5) is 19.7. The van der Waals surface area contributed by atoms with Crippen LogP contribution in [-0.4, -0.2) is 60.1 Å². The molecule has 1 saturated heterocycles. The highest BCUT2D eigenvalue weighted by Gasteiger charge is 2.43. The average molecular weight is 414 g/mol. The molecule has 0 bridgehead atoms. The second kappa shape index (κ2) is 8.63. The minimum Gasteiger partial charge on any atom is -0.496 e. The van der Waals surface area contributed by atoms with E-state index in [-0.39, 0.29) is 18.1 Å². The standard InChI is InChI=1S/C22H31N5O3/c1-14-23-22(26(2)25-14)27-12-16-9-18(20(30-4)10-17(16)13-27)24-21(28)11-15-7-5-6-8-19(15)29-3/h5-8,16-18,20H,9-13H2,1-4H3,(H,24,28)/t16-,17+,18-,20-/m0/s1. The van der Waals surface area contributed by atoms with Gasteiger partial charge in [-0.2, -0.15) is 10.1 Å². The zero-order chi connectivity index (χ0) is 21.3.